The van der Waals surface area contributed by atoms with Crippen LogP contribution in [0.4, 0.5) is 20.5 Å². The van der Waals surface area contributed by atoms with Gasteiger partial charge in [-0.2, -0.15) is 13.8 Å². The van der Waals surface area contributed by atoms with Crippen LogP contribution in [0.1, 0.15) is 38.3 Å². The molecule has 28 heavy (non-hydrogen) atoms. The van der Waals surface area contributed by atoms with Gasteiger partial charge in [-0.15, -0.1) is 0 Å². The first-order valence-corrected chi connectivity index (χ1v) is 10.2. The molecule has 4 fully saturated rings. The maximum absolute atomic E-state index is 14.8. The van der Waals surface area contributed by atoms with E-state index in [9.17, 15) is 13.6 Å². The van der Waals surface area contributed by atoms with Gasteiger partial charge >= 0.3 is 5.97 Å². The Morgan fingerprint density at radius 1 is 1.25 bits per heavy atom. The quantitative estimate of drug-likeness (QED) is 0.694. The second kappa shape index (κ2) is 6.26. The van der Waals surface area contributed by atoms with Crippen molar-refractivity contribution < 1.29 is 18.3 Å². The fourth-order valence-electron chi connectivity index (χ4n) is 4.77. The van der Waals surface area contributed by atoms with E-state index in [-0.39, 0.29) is 17.7 Å². The van der Waals surface area contributed by atoms with Crippen molar-refractivity contribution in [3.8, 4) is 0 Å². The normalized spacial score (nSPS) is 31.4. The molecule has 6 nitrogen and oxygen atoms in total. The van der Waals surface area contributed by atoms with Crippen LogP contribution in [0.5, 0.6) is 0 Å². The number of aromatic nitrogens is 2. The number of carbonyl (C=O) groups is 1. The van der Waals surface area contributed by atoms with Gasteiger partial charge in [0.05, 0.1) is 7.11 Å². The van der Waals surface area contributed by atoms with Crippen LogP contribution in [0.25, 0.3) is 0 Å². The monoisotopic (exact) mass is 392 g/mol. The molecule has 2 aliphatic heterocycles. The van der Waals surface area contributed by atoms with Gasteiger partial charge in [-0.1, -0.05) is 0 Å². The van der Waals surface area contributed by atoms with Crippen LogP contribution in [-0.2, 0) is 15.5 Å². The Morgan fingerprint density at radius 3 is 2.50 bits per heavy atom. The first-order valence-electron chi connectivity index (χ1n) is 10.2. The summed E-state index contributed by atoms with van der Waals surface area (Å²) in [7, 11) is 1.41. The van der Waals surface area contributed by atoms with Crippen LogP contribution in [0.3, 0.4) is 0 Å². The lowest BCUT2D eigenvalue weighted by molar-refractivity contribution is -0.141. The van der Waals surface area contributed by atoms with Crippen LogP contribution in [0.15, 0.2) is 6.07 Å². The summed E-state index contributed by atoms with van der Waals surface area (Å²) >= 11 is 0. The molecular formula is C20H26F2N4O2. The molecule has 0 amide bonds. The van der Waals surface area contributed by atoms with E-state index in [2.05, 4.69) is 21.8 Å². The SMILES string of the molecule is COC(=O)CC1[C@H]2CN(c3cc(C(F)(F)C4CC4)nc(N4CCC4C)n3)C[C@@H]12. The van der Waals surface area contributed by atoms with Gasteiger partial charge in [0, 0.05) is 44.1 Å². The number of hydrogen-bond acceptors (Lipinski definition) is 6. The molecule has 0 radical (unpaired) electrons. The predicted molar refractivity (Wildman–Crippen MR) is 99.4 cm³/mol. The van der Waals surface area contributed by atoms with Gasteiger partial charge in [-0.05, 0) is 43.9 Å². The lowest BCUT2D eigenvalue weighted by Gasteiger charge is -2.39. The molecule has 0 spiro atoms. The van der Waals surface area contributed by atoms with E-state index >= 15 is 0 Å². The Hall–Kier alpha value is -1.99. The number of methoxy groups -OCH3 is 1. The second-order valence-corrected chi connectivity index (χ2v) is 8.82. The number of anilines is 2. The summed E-state index contributed by atoms with van der Waals surface area (Å²) in [5.74, 6) is -1.42. The summed E-state index contributed by atoms with van der Waals surface area (Å²) in [6.45, 7) is 4.39. The summed E-state index contributed by atoms with van der Waals surface area (Å²) in [4.78, 5) is 24.5. The Labute approximate surface area is 163 Å². The molecule has 1 aromatic heterocycles. The van der Waals surface area contributed by atoms with Crippen molar-refractivity contribution in [2.45, 2.75) is 44.6 Å². The van der Waals surface area contributed by atoms with Crippen molar-refractivity contribution in [1.29, 1.82) is 0 Å². The maximum Gasteiger partial charge on any atom is 0.305 e. The van der Waals surface area contributed by atoms with Crippen molar-refractivity contribution in [1.82, 2.24) is 9.97 Å². The zero-order valence-electron chi connectivity index (χ0n) is 16.3. The number of carbonyl (C=O) groups excluding carboxylic acids is 1. The Kier molecular flexibility index (Phi) is 4.04. The number of rotatable bonds is 6. The highest BCUT2D eigenvalue weighted by molar-refractivity contribution is 5.70. The standard InChI is InChI=1S/C20H26F2N4O2/c1-11-5-6-26(11)19-23-16(20(21,22)12-3-4-12)8-17(24-19)25-9-14-13(15(14)10-25)7-18(27)28-2/h8,11-15H,3-7,9-10H2,1-2H3/t11?,13?,14-,15+. The van der Waals surface area contributed by atoms with Crippen LogP contribution >= 0.6 is 0 Å². The zero-order chi connectivity index (χ0) is 19.6. The summed E-state index contributed by atoms with van der Waals surface area (Å²) < 4.78 is 34.4. The molecule has 8 heteroatoms. The highest BCUT2D eigenvalue weighted by Crippen LogP contribution is 2.55. The van der Waals surface area contributed by atoms with Gasteiger partial charge in [-0.25, -0.2) is 4.98 Å². The van der Waals surface area contributed by atoms with E-state index in [0.29, 0.717) is 48.8 Å². The van der Waals surface area contributed by atoms with E-state index in [1.807, 2.05) is 4.90 Å². The lowest BCUT2D eigenvalue weighted by atomic mass is 10.1. The maximum atomic E-state index is 14.8. The third-order valence-corrected chi connectivity index (χ3v) is 7.03. The molecule has 1 aromatic rings. The van der Waals surface area contributed by atoms with E-state index in [1.165, 1.54) is 13.2 Å². The molecule has 4 aliphatic rings. The molecule has 152 valence electrons. The molecule has 4 atom stereocenters. The fraction of sp³-hybridized carbons (Fsp3) is 0.750. The molecule has 0 bridgehead atoms. The van der Waals surface area contributed by atoms with Crippen molar-refractivity contribution in [2.24, 2.45) is 23.7 Å². The van der Waals surface area contributed by atoms with Gasteiger partial charge in [0.1, 0.15) is 11.5 Å². The molecular weight excluding hydrogens is 366 g/mol. The zero-order valence-corrected chi connectivity index (χ0v) is 16.3. The van der Waals surface area contributed by atoms with Crippen LogP contribution in [-0.4, -0.2) is 48.7 Å². The van der Waals surface area contributed by atoms with Crippen molar-refractivity contribution in [2.75, 3.05) is 36.5 Å². The van der Waals surface area contributed by atoms with E-state index in [0.717, 1.165) is 26.1 Å². The summed E-state index contributed by atoms with van der Waals surface area (Å²) in [5, 5.41) is 0. The number of ether oxygens (including phenoxy) is 1. The van der Waals surface area contributed by atoms with Crippen LogP contribution < -0.4 is 9.80 Å². The predicted octanol–water partition coefficient (Wildman–Crippen LogP) is 2.82. The number of alkyl halides is 2. The summed E-state index contributed by atoms with van der Waals surface area (Å²) in [6, 6.07) is 1.78. The number of nitrogens with zero attached hydrogens (tertiary/aromatic N) is 4. The third kappa shape index (κ3) is 2.92. The average Bonchev–Trinajstić information content (AvgIpc) is 3.58. The van der Waals surface area contributed by atoms with Gasteiger partial charge in [0.2, 0.25) is 5.95 Å². The minimum absolute atomic E-state index is 0.138. The lowest BCUT2D eigenvalue weighted by Crippen LogP contribution is -2.47. The fourth-order valence-corrected chi connectivity index (χ4v) is 4.77. The number of hydrogen-bond donors (Lipinski definition) is 0. The molecule has 0 aromatic carbocycles. The van der Waals surface area contributed by atoms with E-state index in [1.54, 1.807) is 0 Å². The largest absolute Gasteiger partial charge is 0.469 e. The van der Waals surface area contributed by atoms with Crippen molar-refractivity contribution >= 4 is 17.7 Å². The Morgan fingerprint density at radius 2 is 1.96 bits per heavy atom. The smallest absolute Gasteiger partial charge is 0.305 e. The van der Waals surface area contributed by atoms with Gasteiger partial charge in [-0.3, -0.25) is 4.79 Å². The van der Waals surface area contributed by atoms with Gasteiger partial charge in [0.15, 0.2) is 0 Å². The Balaban J connectivity index is 1.38. The molecule has 0 N–H and O–H groups in total. The summed E-state index contributed by atoms with van der Waals surface area (Å²) in [6.07, 6.45) is 2.60. The Bertz CT molecular complexity index is 788. The molecule has 2 saturated heterocycles. The molecule has 3 heterocycles. The number of fused-ring (bicyclic) bond motifs is 1. The van der Waals surface area contributed by atoms with Gasteiger partial charge < -0.3 is 14.5 Å². The number of esters is 1. The molecule has 2 aliphatic carbocycles. The molecule has 5 rings (SSSR count). The van der Waals surface area contributed by atoms with Crippen LogP contribution in [0.2, 0.25) is 0 Å². The highest BCUT2D eigenvalue weighted by atomic mass is 19.3. The summed E-state index contributed by atoms with van der Waals surface area (Å²) in [5.41, 5.74) is -0.138. The van der Waals surface area contributed by atoms with Crippen molar-refractivity contribution in [3.63, 3.8) is 0 Å². The minimum atomic E-state index is -2.89. The second-order valence-electron chi connectivity index (χ2n) is 8.82. The van der Waals surface area contributed by atoms with E-state index < -0.39 is 11.8 Å². The third-order valence-electron chi connectivity index (χ3n) is 7.03. The average molecular weight is 392 g/mol. The first-order chi connectivity index (χ1) is 13.4. The minimum Gasteiger partial charge on any atom is -0.469 e. The first kappa shape index (κ1) is 18.1. The van der Waals surface area contributed by atoms with Crippen molar-refractivity contribution in [3.05, 3.63) is 11.8 Å². The molecule has 2 unspecified atom stereocenters. The molecule has 2 saturated carbocycles. The van der Waals surface area contributed by atoms with Gasteiger partial charge in [0.25, 0.3) is 5.92 Å². The number of piperidine rings is 1. The highest BCUT2D eigenvalue weighted by Gasteiger charge is 2.57. The van der Waals surface area contributed by atoms with E-state index in [4.69, 9.17) is 4.74 Å². The topological polar surface area (TPSA) is 58.6 Å². The van der Waals surface area contributed by atoms with Crippen LogP contribution in [0, 0.1) is 23.7 Å². The number of halogens is 2.